The van der Waals surface area contributed by atoms with E-state index in [2.05, 4.69) is 20.2 Å². The summed E-state index contributed by atoms with van der Waals surface area (Å²) >= 11 is 12.5. The Hall–Kier alpha value is -2.22. The zero-order valence-electron chi connectivity index (χ0n) is 16.5. The monoisotopic (exact) mass is 435 g/mol. The summed E-state index contributed by atoms with van der Waals surface area (Å²) in [5, 5.41) is 4.59. The normalized spacial score (nSPS) is 22.7. The van der Waals surface area contributed by atoms with Crippen LogP contribution in [0, 0.1) is 5.92 Å². The standard InChI is InChI=1S/C20H27Cl2N7/c1-12(13-4-5-26-10-13)28-19(24)17(23)9-18-20(25)27-6-7-29(18)11-14-8-15(21)2-3-16(14)22/h2-3,8-9,13,26H,4-7,10-11,23-24H2,1H3,(H2,25,27). The van der Waals surface area contributed by atoms with Gasteiger partial charge in [-0.3, -0.25) is 4.99 Å². The van der Waals surface area contributed by atoms with E-state index in [-0.39, 0.29) is 5.82 Å². The number of hydrogen-bond acceptors (Lipinski definition) is 7. The van der Waals surface area contributed by atoms with Crippen molar-refractivity contribution in [2.45, 2.75) is 19.9 Å². The van der Waals surface area contributed by atoms with E-state index < -0.39 is 0 Å². The summed E-state index contributed by atoms with van der Waals surface area (Å²) < 4.78 is 0. The fourth-order valence-corrected chi connectivity index (χ4v) is 3.80. The number of nitrogens with one attached hydrogen (secondary N) is 1. The summed E-state index contributed by atoms with van der Waals surface area (Å²) in [4.78, 5) is 10.9. The Morgan fingerprint density at radius 2 is 2.17 bits per heavy atom. The zero-order valence-corrected chi connectivity index (χ0v) is 18.0. The van der Waals surface area contributed by atoms with Gasteiger partial charge >= 0.3 is 0 Å². The Kier molecular flexibility index (Phi) is 7.05. The van der Waals surface area contributed by atoms with Gasteiger partial charge in [0.2, 0.25) is 0 Å². The number of halogens is 2. The quantitative estimate of drug-likeness (QED) is 0.528. The van der Waals surface area contributed by atoms with E-state index in [0.29, 0.717) is 52.8 Å². The van der Waals surface area contributed by atoms with Crippen molar-refractivity contribution in [1.82, 2.24) is 10.2 Å². The predicted molar refractivity (Wildman–Crippen MR) is 121 cm³/mol. The predicted octanol–water partition coefficient (Wildman–Crippen LogP) is 2.21. The zero-order chi connectivity index (χ0) is 21.0. The third-order valence-corrected chi connectivity index (χ3v) is 5.76. The van der Waals surface area contributed by atoms with Crippen LogP contribution in [0.2, 0.25) is 10.0 Å². The molecule has 1 fully saturated rings. The molecule has 1 saturated heterocycles. The summed E-state index contributed by atoms with van der Waals surface area (Å²) in [5.74, 6) is 1.07. The summed E-state index contributed by atoms with van der Waals surface area (Å²) in [6.07, 6.45) is 2.78. The van der Waals surface area contributed by atoms with Gasteiger partial charge in [0, 0.05) is 41.3 Å². The van der Waals surface area contributed by atoms with Crippen molar-refractivity contribution >= 4 is 34.7 Å². The number of aliphatic imine (C=N–C) groups is 2. The topological polar surface area (TPSA) is 118 Å². The van der Waals surface area contributed by atoms with E-state index >= 15 is 0 Å². The van der Waals surface area contributed by atoms with Crippen molar-refractivity contribution in [3.05, 3.63) is 57.1 Å². The van der Waals surface area contributed by atoms with Crippen LogP contribution in [0.5, 0.6) is 0 Å². The minimum atomic E-state index is 0.279. The molecule has 7 N–H and O–H groups in total. The van der Waals surface area contributed by atoms with Crippen LogP contribution in [0.15, 0.2) is 51.5 Å². The molecule has 0 aromatic heterocycles. The average Bonchev–Trinajstić information content (AvgIpc) is 3.22. The molecule has 0 amide bonds. The van der Waals surface area contributed by atoms with Crippen molar-refractivity contribution < 1.29 is 0 Å². The molecule has 0 saturated carbocycles. The minimum absolute atomic E-state index is 0.279. The van der Waals surface area contributed by atoms with Gasteiger partial charge < -0.3 is 27.4 Å². The van der Waals surface area contributed by atoms with E-state index in [1.165, 1.54) is 0 Å². The van der Waals surface area contributed by atoms with Gasteiger partial charge in [0.1, 0.15) is 11.7 Å². The molecule has 1 aromatic rings. The van der Waals surface area contributed by atoms with E-state index in [1.807, 2.05) is 13.0 Å². The summed E-state index contributed by atoms with van der Waals surface area (Å²) in [6.45, 7) is 5.69. The first kappa shape index (κ1) is 21.5. The van der Waals surface area contributed by atoms with Gasteiger partial charge in [-0.05, 0) is 49.7 Å². The molecule has 3 rings (SSSR count). The highest BCUT2D eigenvalue weighted by atomic mass is 35.5. The molecule has 9 heteroatoms. The van der Waals surface area contributed by atoms with Crippen LogP contribution in [-0.4, -0.2) is 42.6 Å². The maximum Gasteiger partial charge on any atom is 0.146 e. The van der Waals surface area contributed by atoms with E-state index in [9.17, 15) is 0 Å². The maximum absolute atomic E-state index is 6.33. The number of allylic oxidation sites excluding steroid dienone is 1. The highest BCUT2D eigenvalue weighted by Crippen LogP contribution is 2.24. The minimum Gasteiger partial charge on any atom is -0.396 e. The van der Waals surface area contributed by atoms with Crippen LogP contribution < -0.4 is 22.5 Å². The molecule has 2 aliphatic heterocycles. The molecule has 2 aliphatic rings. The Balaban J connectivity index is 1.86. The highest BCUT2D eigenvalue weighted by molar-refractivity contribution is 6.33. The van der Waals surface area contributed by atoms with Gasteiger partial charge in [0.05, 0.1) is 17.9 Å². The summed E-state index contributed by atoms with van der Waals surface area (Å²) in [6, 6.07) is 5.39. The lowest BCUT2D eigenvalue weighted by atomic mass is 10.0. The largest absolute Gasteiger partial charge is 0.396 e. The smallest absolute Gasteiger partial charge is 0.146 e. The number of amidine groups is 1. The van der Waals surface area contributed by atoms with Gasteiger partial charge in [-0.2, -0.15) is 0 Å². The summed E-state index contributed by atoms with van der Waals surface area (Å²) in [5.41, 5.74) is 21.5. The lowest BCUT2D eigenvalue weighted by Gasteiger charge is -2.30. The van der Waals surface area contributed by atoms with Crippen molar-refractivity contribution in [2.24, 2.45) is 33.1 Å². The van der Waals surface area contributed by atoms with Crippen molar-refractivity contribution in [3.63, 3.8) is 0 Å². The van der Waals surface area contributed by atoms with Crippen LogP contribution in [0.25, 0.3) is 0 Å². The maximum atomic E-state index is 6.33. The Bertz CT molecular complexity index is 883. The SMILES string of the molecule is CC(=NC(N)=C(N)C=C1C(N)=NCCN1Cc1cc(Cl)ccc1Cl)C1CCNC1. The molecule has 1 unspecified atom stereocenters. The second-order valence-corrected chi connectivity index (χ2v) is 8.08. The number of rotatable bonds is 5. The van der Waals surface area contributed by atoms with Crippen molar-refractivity contribution in [2.75, 3.05) is 26.2 Å². The van der Waals surface area contributed by atoms with Gasteiger partial charge in [-0.25, -0.2) is 4.99 Å². The van der Waals surface area contributed by atoms with E-state index in [0.717, 1.165) is 30.8 Å². The molecule has 2 heterocycles. The Morgan fingerprint density at radius 3 is 2.90 bits per heavy atom. The molecule has 7 nitrogen and oxygen atoms in total. The second kappa shape index (κ2) is 9.52. The molecule has 1 atom stereocenters. The molecule has 29 heavy (non-hydrogen) atoms. The highest BCUT2D eigenvalue weighted by Gasteiger charge is 2.20. The summed E-state index contributed by atoms with van der Waals surface area (Å²) in [7, 11) is 0. The molecular formula is C20H27Cl2N7. The van der Waals surface area contributed by atoms with Gasteiger partial charge in [0.15, 0.2) is 0 Å². The van der Waals surface area contributed by atoms with Gasteiger partial charge in [-0.1, -0.05) is 23.2 Å². The molecule has 1 aromatic carbocycles. The Morgan fingerprint density at radius 1 is 1.38 bits per heavy atom. The number of benzene rings is 1. The van der Waals surface area contributed by atoms with Crippen LogP contribution in [0.3, 0.4) is 0 Å². The lowest BCUT2D eigenvalue weighted by Crippen LogP contribution is -2.38. The number of nitrogens with zero attached hydrogens (tertiary/aromatic N) is 3. The van der Waals surface area contributed by atoms with Crippen molar-refractivity contribution in [3.8, 4) is 0 Å². The average molecular weight is 436 g/mol. The van der Waals surface area contributed by atoms with Crippen molar-refractivity contribution in [1.29, 1.82) is 0 Å². The molecule has 0 bridgehead atoms. The fourth-order valence-electron chi connectivity index (χ4n) is 3.43. The van der Waals surface area contributed by atoms with E-state index in [4.69, 9.17) is 40.4 Å². The molecule has 156 valence electrons. The van der Waals surface area contributed by atoms with Gasteiger partial charge in [0.25, 0.3) is 0 Å². The first-order chi connectivity index (χ1) is 13.8. The molecule has 0 spiro atoms. The van der Waals surface area contributed by atoms with Gasteiger partial charge in [-0.15, -0.1) is 0 Å². The molecule has 0 radical (unpaired) electrons. The second-order valence-electron chi connectivity index (χ2n) is 7.24. The number of nitrogens with two attached hydrogens (primary N) is 3. The number of hydrogen-bond donors (Lipinski definition) is 4. The third-order valence-electron chi connectivity index (χ3n) is 5.16. The van der Waals surface area contributed by atoms with Crippen LogP contribution in [-0.2, 0) is 6.54 Å². The first-order valence-corrected chi connectivity index (χ1v) is 10.3. The Labute approximate surface area is 181 Å². The molecular weight excluding hydrogens is 409 g/mol. The third kappa shape index (κ3) is 5.44. The van der Waals surface area contributed by atoms with E-state index in [1.54, 1.807) is 18.2 Å². The van der Waals surface area contributed by atoms with Crippen LogP contribution >= 0.6 is 23.2 Å². The molecule has 0 aliphatic carbocycles. The lowest BCUT2D eigenvalue weighted by molar-refractivity contribution is 0.352. The fraction of sp³-hybridized carbons (Fsp3) is 0.400. The first-order valence-electron chi connectivity index (χ1n) is 9.57. The van der Waals surface area contributed by atoms with Crippen LogP contribution in [0.1, 0.15) is 18.9 Å². The van der Waals surface area contributed by atoms with Crippen LogP contribution in [0.4, 0.5) is 0 Å².